The van der Waals surface area contributed by atoms with Crippen LogP contribution in [0, 0.1) is 6.92 Å². The van der Waals surface area contributed by atoms with Crippen molar-refractivity contribution in [2.45, 2.75) is 36.7 Å². The van der Waals surface area contributed by atoms with Gasteiger partial charge in [0.05, 0.1) is 24.2 Å². The van der Waals surface area contributed by atoms with E-state index in [0.29, 0.717) is 18.5 Å². The van der Waals surface area contributed by atoms with E-state index in [2.05, 4.69) is 4.72 Å². The number of amides is 1. The van der Waals surface area contributed by atoms with Gasteiger partial charge in [0.1, 0.15) is 12.0 Å². The quantitative estimate of drug-likeness (QED) is 0.388. The van der Waals surface area contributed by atoms with E-state index in [0.717, 1.165) is 0 Å². The smallest absolute Gasteiger partial charge is 0.471 e. The predicted octanol–water partition coefficient (Wildman–Crippen LogP) is 0.0667. The molecule has 1 amide bonds. The molecule has 0 aromatic heterocycles. The molecule has 1 aliphatic heterocycles. The maximum absolute atomic E-state index is 12.5. The Kier molecular flexibility index (Phi) is 8.05. The fraction of sp³-hybridized carbons (Fsp3) is 0.588. The summed E-state index contributed by atoms with van der Waals surface area (Å²) >= 11 is 0. The second-order valence-electron chi connectivity index (χ2n) is 6.78. The van der Waals surface area contributed by atoms with Crippen LogP contribution in [0.3, 0.4) is 0 Å². The largest absolute Gasteiger partial charge is 0.508 e. The van der Waals surface area contributed by atoms with Crippen LogP contribution in [0.1, 0.15) is 12.0 Å². The number of aromatic hydroxyl groups is 1. The SMILES string of the molecule is Cc1cc(S(=O)(=O)N[C@H]2CCN(CCOCCNC(=O)C(F)(F)F)C2O)ccc1O. The number of likely N-dealkylation sites (tertiary alicyclic amines) is 1. The molecule has 1 aromatic carbocycles. The molecule has 9 nitrogen and oxygen atoms in total. The molecule has 1 saturated heterocycles. The summed E-state index contributed by atoms with van der Waals surface area (Å²) in [4.78, 5) is 12.2. The van der Waals surface area contributed by atoms with Crippen LogP contribution in [-0.2, 0) is 19.6 Å². The van der Waals surface area contributed by atoms with Gasteiger partial charge in [-0.3, -0.25) is 9.69 Å². The number of ether oxygens (including phenoxy) is 1. The monoisotopic (exact) mass is 455 g/mol. The van der Waals surface area contributed by atoms with Crippen LogP contribution in [0.4, 0.5) is 13.2 Å². The molecule has 2 atom stereocenters. The molecule has 1 aliphatic rings. The molecular weight excluding hydrogens is 431 g/mol. The van der Waals surface area contributed by atoms with Crippen molar-refractivity contribution in [2.75, 3.05) is 32.8 Å². The number of phenolic OH excluding ortho intramolecular Hbond substituents is 1. The topological polar surface area (TPSA) is 128 Å². The van der Waals surface area contributed by atoms with Gasteiger partial charge in [0.15, 0.2) is 0 Å². The lowest BCUT2D eigenvalue weighted by Crippen LogP contribution is -2.45. The summed E-state index contributed by atoms with van der Waals surface area (Å²) in [6, 6.07) is 3.10. The number of sulfonamides is 1. The van der Waals surface area contributed by atoms with Gasteiger partial charge in [0.25, 0.3) is 0 Å². The summed E-state index contributed by atoms with van der Waals surface area (Å²) in [5, 5.41) is 21.5. The Morgan fingerprint density at radius 3 is 2.67 bits per heavy atom. The fourth-order valence-electron chi connectivity index (χ4n) is 2.89. The van der Waals surface area contributed by atoms with Crippen LogP contribution < -0.4 is 10.0 Å². The van der Waals surface area contributed by atoms with Crippen LogP contribution in [0.25, 0.3) is 0 Å². The lowest BCUT2D eigenvalue weighted by molar-refractivity contribution is -0.173. The molecular formula is C17H24F3N3O6S. The van der Waals surface area contributed by atoms with Crippen LogP contribution in [0.5, 0.6) is 5.75 Å². The molecule has 1 unspecified atom stereocenters. The lowest BCUT2D eigenvalue weighted by Gasteiger charge is -2.23. The van der Waals surface area contributed by atoms with Crippen molar-refractivity contribution in [2.24, 2.45) is 0 Å². The van der Waals surface area contributed by atoms with Crippen molar-refractivity contribution in [1.82, 2.24) is 14.9 Å². The van der Waals surface area contributed by atoms with Gasteiger partial charge in [-0.15, -0.1) is 0 Å². The minimum absolute atomic E-state index is 0.0287. The third-order valence-electron chi connectivity index (χ3n) is 4.56. The number of carbonyl (C=O) groups excluding carboxylic acids is 1. The van der Waals surface area contributed by atoms with Crippen LogP contribution in [0.15, 0.2) is 23.1 Å². The first-order valence-corrected chi connectivity index (χ1v) is 10.6. The molecule has 0 spiro atoms. The van der Waals surface area contributed by atoms with Crippen molar-refractivity contribution in [3.05, 3.63) is 23.8 Å². The van der Waals surface area contributed by atoms with Gasteiger partial charge in [-0.25, -0.2) is 13.1 Å². The molecule has 0 aliphatic carbocycles. The molecule has 4 N–H and O–H groups in total. The predicted molar refractivity (Wildman–Crippen MR) is 99.0 cm³/mol. The number of halogens is 3. The van der Waals surface area contributed by atoms with E-state index in [4.69, 9.17) is 4.74 Å². The van der Waals surface area contributed by atoms with Gasteiger partial charge in [-0.05, 0) is 37.1 Å². The average Bonchev–Trinajstić information content (AvgIpc) is 2.98. The van der Waals surface area contributed by atoms with Gasteiger partial charge in [-0.1, -0.05) is 0 Å². The Hall–Kier alpha value is -1.93. The minimum Gasteiger partial charge on any atom is -0.508 e. The third-order valence-corrected chi connectivity index (χ3v) is 6.05. The molecule has 1 aromatic rings. The highest BCUT2D eigenvalue weighted by Gasteiger charge is 2.38. The zero-order valence-corrected chi connectivity index (χ0v) is 17.0. The van der Waals surface area contributed by atoms with E-state index >= 15 is 0 Å². The number of aliphatic hydroxyl groups is 1. The van der Waals surface area contributed by atoms with E-state index in [1.807, 2.05) is 0 Å². The first-order valence-electron chi connectivity index (χ1n) is 9.08. The van der Waals surface area contributed by atoms with Crippen molar-refractivity contribution < 1.29 is 41.3 Å². The van der Waals surface area contributed by atoms with Crippen molar-refractivity contribution >= 4 is 15.9 Å². The van der Waals surface area contributed by atoms with Gasteiger partial charge in [-0.2, -0.15) is 13.2 Å². The number of nitrogens with one attached hydrogen (secondary N) is 2. The zero-order chi connectivity index (χ0) is 22.5. The lowest BCUT2D eigenvalue weighted by atomic mass is 10.2. The molecule has 1 heterocycles. The number of aryl methyl sites for hydroxylation is 1. The normalized spacial score (nSPS) is 20.4. The number of phenols is 1. The number of benzene rings is 1. The molecule has 30 heavy (non-hydrogen) atoms. The van der Waals surface area contributed by atoms with E-state index in [1.54, 1.807) is 17.1 Å². The number of hydrogen-bond acceptors (Lipinski definition) is 7. The van der Waals surface area contributed by atoms with Gasteiger partial charge >= 0.3 is 12.1 Å². The Morgan fingerprint density at radius 2 is 2.03 bits per heavy atom. The summed E-state index contributed by atoms with van der Waals surface area (Å²) < 4.78 is 68.7. The van der Waals surface area contributed by atoms with E-state index < -0.39 is 34.4 Å². The summed E-state index contributed by atoms with van der Waals surface area (Å²) in [6.07, 6.45) is -5.70. The molecule has 0 saturated carbocycles. The summed E-state index contributed by atoms with van der Waals surface area (Å²) in [5.41, 5.74) is 0.398. The number of hydrogen-bond donors (Lipinski definition) is 4. The van der Waals surface area contributed by atoms with Crippen LogP contribution >= 0.6 is 0 Å². The second-order valence-corrected chi connectivity index (χ2v) is 8.49. The Balaban J connectivity index is 1.76. The average molecular weight is 455 g/mol. The molecule has 0 bridgehead atoms. The van der Waals surface area contributed by atoms with Gasteiger partial charge in [0.2, 0.25) is 10.0 Å². The first kappa shape index (κ1) is 24.3. The first-order chi connectivity index (χ1) is 13.9. The Morgan fingerprint density at radius 1 is 1.33 bits per heavy atom. The maximum atomic E-state index is 12.5. The van der Waals surface area contributed by atoms with Crippen LogP contribution in [-0.4, -0.2) is 80.7 Å². The molecule has 0 radical (unpaired) electrons. The van der Waals surface area contributed by atoms with E-state index in [9.17, 15) is 36.6 Å². The van der Waals surface area contributed by atoms with Crippen molar-refractivity contribution in [3.8, 4) is 5.75 Å². The third kappa shape index (κ3) is 6.54. The number of aliphatic hydroxyl groups excluding tert-OH is 1. The van der Waals surface area contributed by atoms with Gasteiger partial charge < -0.3 is 20.3 Å². The van der Waals surface area contributed by atoms with Crippen LogP contribution in [0.2, 0.25) is 0 Å². The maximum Gasteiger partial charge on any atom is 0.471 e. The standard InChI is InChI=1S/C17H24F3N3O6S/c1-11-10-12(2-3-14(11)24)30(27,28)22-13-4-6-23(15(13)25)7-9-29-8-5-21-16(26)17(18,19)20/h2-3,10,13,15,22,24-25H,4-9H2,1H3,(H,21,26)/t13-,15?/m0/s1. The highest BCUT2D eigenvalue weighted by Crippen LogP contribution is 2.22. The summed E-state index contributed by atoms with van der Waals surface area (Å²) in [5.74, 6) is -2.07. The minimum atomic E-state index is -4.94. The highest BCUT2D eigenvalue weighted by molar-refractivity contribution is 7.89. The number of carbonyl (C=O) groups is 1. The number of alkyl halides is 3. The summed E-state index contributed by atoms with van der Waals surface area (Å²) in [6.45, 7) is 1.81. The summed E-state index contributed by atoms with van der Waals surface area (Å²) in [7, 11) is -3.90. The van der Waals surface area contributed by atoms with Gasteiger partial charge in [0, 0.05) is 19.6 Å². The zero-order valence-electron chi connectivity index (χ0n) is 16.1. The molecule has 1 fully saturated rings. The van der Waals surface area contributed by atoms with Crippen molar-refractivity contribution in [3.63, 3.8) is 0 Å². The number of rotatable bonds is 9. The highest BCUT2D eigenvalue weighted by atomic mass is 32.2. The molecule has 2 rings (SSSR count). The van der Waals surface area contributed by atoms with Crippen molar-refractivity contribution in [1.29, 1.82) is 0 Å². The fourth-order valence-corrected chi connectivity index (χ4v) is 4.24. The Bertz CT molecular complexity index is 850. The molecule has 170 valence electrons. The second kappa shape index (κ2) is 9.92. The number of nitrogens with zero attached hydrogens (tertiary/aromatic N) is 1. The van der Waals surface area contributed by atoms with E-state index in [1.165, 1.54) is 18.2 Å². The van der Waals surface area contributed by atoms with E-state index in [-0.39, 0.29) is 36.9 Å². The molecule has 13 heteroatoms. The Labute approximate surface area is 171 Å².